The van der Waals surface area contributed by atoms with Gasteiger partial charge in [-0.1, -0.05) is 18.3 Å². The molecule has 8 heteroatoms. The molecule has 3 heterocycles. The van der Waals surface area contributed by atoms with E-state index >= 15 is 0 Å². The van der Waals surface area contributed by atoms with Crippen LogP contribution in [0.1, 0.15) is 17.6 Å². The Kier molecular flexibility index (Phi) is 3.43. The summed E-state index contributed by atoms with van der Waals surface area (Å²) >= 11 is 4.94. The molecular formula is C11H11BrN6S. The second-order valence-corrected chi connectivity index (χ2v) is 5.77. The zero-order valence-electron chi connectivity index (χ0n) is 10.2. The van der Waals surface area contributed by atoms with E-state index in [4.69, 9.17) is 0 Å². The van der Waals surface area contributed by atoms with E-state index in [9.17, 15) is 0 Å². The van der Waals surface area contributed by atoms with Gasteiger partial charge in [0, 0.05) is 6.20 Å². The third-order valence-electron chi connectivity index (χ3n) is 2.63. The van der Waals surface area contributed by atoms with Gasteiger partial charge in [-0.3, -0.25) is 4.40 Å². The Morgan fingerprint density at radius 2 is 2.21 bits per heavy atom. The van der Waals surface area contributed by atoms with Crippen LogP contribution in [-0.4, -0.2) is 24.6 Å². The summed E-state index contributed by atoms with van der Waals surface area (Å²) in [5, 5.41) is 13.3. The quantitative estimate of drug-likeness (QED) is 0.791. The van der Waals surface area contributed by atoms with Crippen LogP contribution < -0.4 is 5.32 Å². The normalized spacial score (nSPS) is 11.1. The van der Waals surface area contributed by atoms with Gasteiger partial charge < -0.3 is 5.32 Å². The molecule has 6 nitrogen and oxygen atoms in total. The number of nitrogens with zero attached hydrogens (tertiary/aromatic N) is 5. The minimum atomic E-state index is 0.649. The largest absolute Gasteiger partial charge is 0.354 e. The molecule has 0 bridgehead atoms. The molecule has 1 N–H and O–H groups in total. The highest BCUT2D eigenvalue weighted by atomic mass is 79.9. The highest BCUT2D eigenvalue weighted by Crippen LogP contribution is 2.17. The summed E-state index contributed by atoms with van der Waals surface area (Å²) in [7, 11) is 0. The van der Waals surface area contributed by atoms with Crippen molar-refractivity contribution in [2.24, 2.45) is 0 Å². The summed E-state index contributed by atoms with van der Waals surface area (Å²) < 4.78 is 2.77. The smallest absolute Gasteiger partial charge is 0.205 e. The van der Waals surface area contributed by atoms with E-state index in [0.29, 0.717) is 6.54 Å². The lowest BCUT2D eigenvalue weighted by Crippen LogP contribution is -2.02. The van der Waals surface area contributed by atoms with Gasteiger partial charge in [-0.25, -0.2) is 9.97 Å². The maximum atomic E-state index is 4.30. The van der Waals surface area contributed by atoms with Gasteiger partial charge in [0.15, 0.2) is 5.65 Å². The van der Waals surface area contributed by atoms with Crippen molar-refractivity contribution in [1.82, 2.24) is 24.6 Å². The van der Waals surface area contributed by atoms with Crippen molar-refractivity contribution in [2.75, 3.05) is 5.32 Å². The number of hydrogen-bond acceptors (Lipinski definition) is 6. The van der Waals surface area contributed by atoms with Gasteiger partial charge >= 0.3 is 0 Å². The van der Waals surface area contributed by atoms with E-state index in [2.05, 4.69) is 48.3 Å². The fraction of sp³-hybridized carbons (Fsp3) is 0.273. The van der Waals surface area contributed by atoms with Crippen LogP contribution in [-0.2, 0) is 13.0 Å². The lowest BCUT2D eigenvalue weighted by atomic mass is 10.4. The topological polar surface area (TPSA) is 68.0 Å². The predicted molar refractivity (Wildman–Crippen MR) is 77.3 cm³/mol. The van der Waals surface area contributed by atoms with E-state index in [0.717, 1.165) is 32.5 Å². The van der Waals surface area contributed by atoms with Gasteiger partial charge in [0.05, 0.1) is 24.6 Å². The predicted octanol–water partition coefficient (Wildman–Crippen LogP) is 2.52. The average molecular weight is 339 g/mol. The van der Waals surface area contributed by atoms with Crippen molar-refractivity contribution >= 4 is 38.0 Å². The summed E-state index contributed by atoms with van der Waals surface area (Å²) in [6.07, 6.45) is 6.37. The van der Waals surface area contributed by atoms with Crippen LogP contribution in [0.2, 0.25) is 0 Å². The van der Waals surface area contributed by atoms with Crippen molar-refractivity contribution in [1.29, 1.82) is 0 Å². The van der Waals surface area contributed by atoms with Crippen LogP contribution in [0.25, 0.3) is 5.65 Å². The third kappa shape index (κ3) is 2.59. The van der Waals surface area contributed by atoms with Crippen LogP contribution in [0.3, 0.4) is 0 Å². The Hall–Kier alpha value is -1.54. The first kappa shape index (κ1) is 12.5. The zero-order chi connectivity index (χ0) is 13.2. The van der Waals surface area contributed by atoms with Gasteiger partial charge in [0.25, 0.3) is 0 Å². The molecule has 0 saturated heterocycles. The van der Waals surface area contributed by atoms with Crippen molar-refractivity contribution < 1.29 is 0 Å². The van der Waals surface area contributed by atoms with Crippen LogP contribution in [0.5, 0.6) is 0 Å². The van der Waals surface area contributed by atoms with Gasteiger partial charge in [0.1, 0.15) is 9.61 Å². The lowest BCUT2D eigenvalue weighted by Gasteiger charge is -2.02. The molecule has 0 aliphatic rings. The summed E-state index contributed by atoms with van der Waals surface area (Å²) in [5.41, 5.74) is 1.87. The molecule has 0 saturated carbocycles. The number of halogens is 1. The Morgan fingerprint density at radius 3 is 3.00 bits per heavy atom. The van der Waals surface area contributed by atoms with Crippen LogP contribution in [0.4, 0.5) is 5.13 Å². The number of imidazole rings is 1. The SMILES string of the molecule is CCc1nnc(NCc2cnc3cnc(Br)cn23)s1. The number of anilines is 1. The molecule has 0 unspecified atom stereocenters. The number of aryl methyl sites for hydroxylation is 1. The van der Waals surface area contributed by atoms with E-state index in [1.54, 1.807) is 17.5 Å². The van der Waals surface area contributed by atoms with E-state index < -0.39 is 0 Å². The van der Waals surface area contributed by atoms with Gasteiger partial charge in [-0.05, 0) is 22.4 Å². The molecule has 19 heavy (non-hydrogen) atoms. The molecule has 0 radical (unpaired) electrons. The maximum absolute atomic E-state index is 4.30. The number of nitrogens with one attached hydrogen (secondary N) is 1. The van der Waals surface area contributed by atoms with Crippen LogP contribution >= 0.6 is 27.3 Å². The zero-order valence-corrected chi connectivity index (χ0v) is 12.6. The molecule has 0 aliphatic heterocycles. The lowest BCUT2D eigenvalue weighted by molar-refractivity contribution is 0.953. The first-order valence-electron chi connectivity index (χ1n) is 5.80. The summed E-state index contributed by atoms with van der Waals surface area (Å²) in [4.78, 5) is 8.45. The van der Waals surface area contributed by atoms with Crippen molar-refractivity contribution in [3.63, 3.8) is 0 Å². The van der Waals surface area contributed by atoms with E-state index in [1.807, 2.05) is 16.8 Å². The summed E-state index contributed by atoms with van der Waals surface area (Å²) in [5.74, 6) is 0. The standard InChI is InChI=1S/C11H11BrN6S/c1-2-10-16-17-11(19-10)15-4-7-3-14-9-5-13-8(12)6-18(7)9/h3,5-6H,2,4H2,1H3,(H,15,17). The minimum Gasteiger partial charge on any atom is -0.354 e. The van der Waals surface area contributed by atoms with Crippen LogP contribution in [0.15, 0.2) is 23.2 Å². The highest BCUT2D eigenvalue weighted by Gasteiger charge is 2.06. The van der Waals surface area contributed by atoms with Gasteiger partial charge in [-0.2, -0.15) is 0 Å². The molecule has 3 rings (SSSR count). The number of fused-ring (bicyclic) bond motifs is 1. The van der Waals surface area contributed by atoms with E-state index in [-0.39, 0.29) is 0 Å². The van der Waals surface area contributed by atoms with Gasteiger partial charge in [-0.15, -0.1) is 10.2 Å². The molecule has 98 valence electrons. The number of rotatable bonds is 4. The Labute approximate surface area is 122 Å². The average Bonchev–Trinajstić information content (AvgIpc) is 3.02. The molecule has 3 aromatic rings. The molecule has 0 aromatic carbocycles. The van der Waals surface area contributed by atoms with Crippen molar-refractivity contribution in [2.45, 2.75) is 19.9 Å². The van der Waals surface area contributed by atoms with Crippen molar-refractivity contribution in [3.05, 3.63) is 33.9 Å². The summed E-state index contributed by atoms with van der Waals surface area (Å²) in [6, 6.07) is 0. The van der Waals surface area contributed by atoms with Crippen molar-refractivity contribution in [3.8, 4) is 0 Å². The third-order valence-corrected chi connectivity index (χ3v) is 4.07. The first-order valence-corrected chi connectivity index (χ1v) is 7.41. The molecule has 0 atom stereocenters. The fourth-order valence-corrected chi connectivity index (χ4v) is 2.66. The second kappa shape index (κ2) is 5.22. The molecule has 0 aliphatic carbocycles. The highest BCUT2D eigenvalue weighted by molar-refractivity contribution is 9.10. The van der Waals surface area contributed by atoms with Crippen LogP contribution in [0, 0.1) is 0 Å². The van der Waals surface area contributed by atoms with Gasteiger partial charge in [0.2, 0.25) is 5.13 Å². The molecule has 0 fully saturated rings. The number of hydrogen-bond donors (Lipinski definition) is 1. The molecule has 3 aromatic heterocycles. The molecule has 0 spiro atoms. The molecular weight excluding hydrogens is 328 g/mol. The second-order valence-electron chi connectivity index (χ2n) is 3.90. The Balaban J connectivity index is 1.79. The number of aromatic nitrogens is 5. The minimum absolute atomic E-state index is 0.649. The molecule has 0 amide bonds. The Bertz CT molecular complexity index is 706. The van der Waals surface area contributed by atoms with E-state index in [1.165, 1.54) is 0 Å². The monoisotopic (exact) mass is 338 g/mol. The fourth-order valence-electron chi connectivity index (χ4n) is 1.68. The first-order chi connectivity index (χ1) is 9.26. The Morgan fingerprint density at radius 1 is 1.32 bits per heavy atom. The summed E-state index contributed by atoms with van der Waals surface area (Å²) in [6.45, 7) is 2.72. The maximum Gasteiger partial charge on any atom is 0.205 e.